The molecule has 1 amide bonds. The fourth-order valence-electron chi connectivity index (χ4n) is 2.31. The van der Waals surface area contributed by atoms with Gasteiger partial charge in [0.2, 0.25) is 5.91 Å². The number of nitrogens with zero attached hydrogens (tertiary/aromatic N) is 2. The molecule has 0 saturated carbocycles. The minimum absolute atomic E-state index is 0.0255. The molecule has 4 heteroatoms. The summed E-state index contributed by atoms with van der Waals surface area (Å²) in [4.78, 5) is 15.8. The van der Waals surface area contributed by atoms with Crippen LogP contribution < -0.4 is 5.32 Å². The Labute approximate surface area is 99.0 Å². The van der Waals surface area contributed by atoms with Crippen molar-refractivity contribution in [1.82, 2.24) is 15.1 Å². The molecule has 0 aromatic heterocycles. The van der Waals surface area contributed by atoms with Crippen LogP contribution in [-0.2, 0) is 4.79 Å². The summed E-state index contributed by atoms with van der Waals surface area (Å²) in [6.45, 7) is 7.24. The molecule has 0 bridgehead atoms. The van der Waals surface area contributed by atoms with Gasteiger partial charge >= 0.3 is 0 Å². The van der Waals surface area contributed by atoms with Crippen LogP contribution in [0.4, 0.5) is 0 Å². The molecule has 1 N–H and O–H groups in total. The van der Waals surface area contributed by atoms with Gasteiger partial charge in [-0.15, -0.1) is 0 Å². The molecule has 1 saturated heterocycles. The highest BCUT2D eigenvalue weighted by molar-refractivity contribution is 5.80. The highest BCUT2D eigenvalue weighted by Crippen LogP contribution is 2.13. The molecule has 1 aliphatic heterocycles. The molecule has 0 spiro atoms. The third-order valence-corrected chi connectivity index (χ3v) is 3.37. The number of likely N-dealkylation sites (N-methyl/N-ethyl adjacent to an activating group) is 1. The Morgan fingerprint density at radius 2 is 2.00 bits per heavy atom. The van der Waals surface area contributed by atoms with Crippen LogP contribution in [0.15, 0.2) is 0 Å². The second-order valence-corrected chi connectivity index (χ2v) is 4.78. The number of carbonyl (C=O) groups is 1. The van der Waals surface area contributed by atoms with Gasteiger partial charge in [-0.25, -0.2) is 0 Å². The Balaban J connectivity index is 2.38. The van der Waals surface area contributed by atoms with E-state index >= 15 is 0 Å². The van der Waals surface area contributed by atoms with Gasteiger partial charge in [0.05, 0.1) is 6.04 Å². The van der Waals surface area contributed by atoms with Crippen LogP contribution >= 0.6 is 0 Å². The lowest BCUT2D eigenvalue weighted by Gasteiger charge is -2.36. The summed E-state index contributed by atoms with van der Waals surface area (Å²) in [5.41, 5.74) is 0. The summed E-state index contributed by atoms with van der Waals surface area (Å²) in [6.07, 6.45) is 2.30. The number of likely N-dealkylation sites (tertiary alicyclic amines) is 1. The SMILES string of the molecule is CCNC1CCN(C(C)C(=O)N(C)C)CC1. The number of hydrogen-bond acceptors (Lipinski definition) is 3. The molecule has 1 unspecified atom stereocenters. The van der Waals surface area contributed by atoms with Crippen molar-refractivity contribution in [3.05, 3.63) is 0 Å². The van der Waals surface area contributed by atoms with Gasteiger partial charge in [0, 0.05) is 33.2 Å². The van der Waals surface area contributed by atoms with E-state index in [9.17, 15) is 4.79 Å². The van der Waals surface area contributed by atoms with E-state index in [1.165, 1.54) is 0 Å². The molecule has 1 rings (SSSR count). The van der Waals surface area contributed by atoms with E-state index in [-0.39, 0.29) is 11.9 Å². The van der Waals surface area contributed by atoms with Crippen LogP contribution in [0.25, 0.3) is 0 Å². The number of nitrogens with one attached hydrogen (secondary N) is 1. The fourth-order valence-corrected chi connectivity index (χ4v) is 2.31. The van der Waals surface area contributed by atoms with E-state index in [4.69, 9.17) is 0 Å². The predicted octanol–water partition coefficient (Wildman–Crippen LogP) is 0.537. The quantitative estimate of drug-likeness (QED) is 0.761. The monoisotopic (exact) mass is 227 g/mol. The molecule has 0 radical (unpaired) electrons. The first kappa shape index (κ1) is 13.5. The average molecular weight is 227 g/mol. The van der Waals surface area contributed by atoms with E-state index in [0.717, 1.165) is 32.5 Å². The first-order valence-electron chi connectivity index (χ1n) is 6.24. The molecular formula is C12H25N3O. The molecule has 0 aliphatic carbocycles. The van der Waals surface area contributed by atoms with Gasteiger partial charge in [-0.2, -0.15) is 0 Å². The molecule has 94 valence electrons. The smallest absolute Gasteiger partial charge is 0.239 e. The number of hydrogen-bond donors (Lipinski definition) is 1. The number of rotatable bonds is 4. The second-order valence-electron chi connectivity index (χ2n) is 4.78. The molecule has 4 nitrogen and oxygen atoms in total. The van der Waals surface area contributed by atoms with E-state index in [2.05, 4.69) is 17.1 Å². The maximum absolute atomic E-state index is 11.8. The minimum atomic E-state index is 0.0255. The van der Waals surface area contributed by atoms with E-state index < -0.39 is 0 Å². The van der Waals surface area contributed by atoms with Crippen molar-refractivity contribution in [2.24, 2.45) is 0 Å². The Morgan fingerprint density at radius 1 is 1.44 bits per heavy atom. The molecule has 1 aliphatic rings. The topological polar surface area (TPSA) is 35.6 Å². The van der Waals surface area contributed by atoms with Gasteiger partial charge in [0.1, 0.15) is 0 Å². The maximum atomic E-state index is 11.8. The third kappa shape index (κ3) is 3.46. The molecule has 1 fully saturated rings. The average Bonchev–Trinajstić information content (AvgIpc) is 2.28. The highest BCUT2D eigenvalue weighted by Gasteiger charge is 2.26. The van der Waals surface area contributed by atoms with Gasteiger partial charge in [0.15, 0.2) is 0 Å². The second kappa shape index (κ2) is 6.21. The van der Waals surface area contributed by atoms with Gasteiger partial charge < -0.3 is 10.2 Å². The zero-order chi connectivity index (χ0) is 12.1. The Bertz CT molecular complexity index is 222. The molecule has 16 heavy (non-hydrogen) atoms. The minimum Gasteiger partial charge on any atom is -0.347 e. The van der Waals surface area contributed by atoms with Crippen molar-refractivity contribution >= 4 is 5.91 Å². The summed E-state index contributed by atoms with van der Waals surface area (Å²) < 4.78 is 0. The van der Waals surface area contributed by atoms with Gasteiger partial charge in [0.25, 0.3) is 0 Å². The van der Waals surface area contributed by atoms with E-state index in [1.807, 2.05) is 21.0 Å². The molecule has 1 atom stereocenters. The van der Waals surface area contributed by atoms with E-state index in [1.54, 1.807) is 4.90 Å². The van der Waals surface area contributed by atoms with Crippen molar-refractivity contribution in [1.29, 1.82) is 0 Å². The normalized spacial score (nSPS) is 20.8. The number of piperidine rings is 1. The lowest BCUT2D eigenvalue weighted by Crippen LogP contribution is -2.50. The zero-order valence-electron chi connectivity index (χ0n) is 11.0. The van der Waals surface area contributed by atoms with Crippen LogP contribution in [0.1, 0.15) is 26.7 Å². The van der Waals surface area contributed by atoms with E-state index in [0.29, 0.717) is 6.04 Å². The van der Waals surface area contributed by atoms with Crippen LogP contribution in [0.3, 0.4) is 0 Å². The first-order chi connectivity index (χ1) is 7.56. The summed E-state index contributed by atoms with van der Waals surface area (Å²) in [5, 5.41) is 3.47. The Morgan fingerprint density at radius 3 is 2.44 bits per heavy atom. The molecular weight excluding hydrogens is 202 g/mol. The van der Waals surface area contributed by atoms with Gasteiger partial charge in [-0.05, 0) is 26.3 Å². The lowest BCUT2D eigenvalue weighted by atomic mass is 10.0. The highest BCUT2D eigenvalue weighted by atomic mass is 16.2. The summed E-state index contributed by atoms with van der Waals surface area (Å²) >= 11 is 0. The summed E-state index contributed by atoms with van der Waals surface area (Å²) in [7, 11) is 3.65. The van der Waals surface area contributed by atoms with Crippen LogP contribution in [0.5, 0.6) is 0 Å². The van der Waals surface area contributed by atoms with Crippen LogP contribution in [0, 0.1) is 0 Å². The summed E-state index contributed by atoms with van der Waals surface area (Å²) in [5.74, 6) is 0.210. The Kier molecular flexibility index (Phi) is 5.22. The van der Waals surface area contributed by atoms with Gasteiger partial charge in [-0.3, -0.25) is 9.69 Å². The predicted molar refractivity (Wildman–Crippen MR) is 66.4 cm³/mol. The van der Waals surface area contributed by atoms with Crippen molar-refractivity contribution in [2.75, 3.05) is 33.7 Å². The Hall–Kier alpha value is -0.610. The molecule has 0 aromatic rings. The lowest BCUT2D eigenvalue weighted by molar-refractivity contribution is -0.134. The standard InChI is InChI=1S/C12H25N3O/c1-5-13-11-6-8-15(9-7-11)10(2)12(16)14(3)4/h10-11,13H,5-9H2,1-4H3. The van der Waals surface area contributed by atoms with Crippen molar-refractivity contribution in [3.8, 4) is 0 Å². The number of carbonyl (C=O) groups excluding carboxylic acids is 1. The third-order valence-electron chi connectivity index (χ3n) is 3.37. The van der Waals surface area contributed by atoms with Gasteiger partial charge in [-0.1, -0.05) is 6.92 Å². The van der Waals surface area contributed by atoms with Crippen LogP contribution in [0.2, 0.25) is 0 Å². The summed E-state index contributed by atoms with van der Waals surface area (Å²) in [6, 6.07) is 0.667. The van der Waals surface area contributed by atoms with Crippen molar-refractivity contribution in [2.45, 2.75) is 38.8 Å². The van der Waals surface area contributed by atoms with Crippen molar-refractivity contribution < 1.29 is 4.79 Å². The molecule has 0 aromatic carbocycles. The molecule has 1 heterocycles. The zero-order valence-corrected chi connectivity index (χ0v) is 11.0. The first-order valence-corrected chi connectivity index (χ1v) is 6.24. The van der Waals surface area contributed by atoms with Crippen molar-refractivity contribution in [3.63, 3.8) is 0 Å². The largest absolute Gasteiger partial charge is 0.347 e. The number of amides is 1. The van der Waals surface area contributed by atoms with Crippen LogP contribution in [-0.4, -0.2) is 61.5 Å². The maximum Gasteiger partial charge on any atom is 0.239 e. The fraction of sp³-hybridized carbons (Fsp3) is 0.917.